The van der Waals surface area contributed by atoms with E-state index in [2.05, 4.69) is 23.9 Å². The third kappa shape index (κ3) is 1.68. The van der Waals surface area contributed by atoms with Crippen LogP contribution in [0.4, 0.5) is 0 Å². The molecule has 4 nitrogen and oxygen atoms in total. The summed E-state index contributed by atoms with van der Waals surface area (Å²) in [7, 11) is 1.70. The molecule has 0 aromatic carbocycles. The van der Waals surface area contributed by atoms with Crippen molar-refractivity contribution in [2.24, 2.45) is 5.41 Å². The lowest BCUT2D eigenvalue weighted by Gasteiger charge is -2.42. The van der Waals surface area contributed by atoms with E-state index in [1.807, 2.05) is 16.8 Å². The van der Waals surface area contributed by atoms with Crippen molar-refractivity contribution in [3.05, 3.63) is 24.2 Å². The minimum Gasteiger partial charge on any atom is -0.495 e. The van der Waals surface area contributed by atoms with E-state index in [1.165, 1.54) is 12.8 Å². The summed E-state index contributed by atoms with van der Waals surface area (Å²) in [4.78, 5) is 4.22. The van der Waals surface area contributed by atoms with Crippen molar-refractivity contribution in [1.82, 2.24) is 14.6 Å². The molecule has 0 unspecified atom stereocenters. The second-order valence-corrected chi connectivity index (χ2v) is 5.60. The summed E-state index contributed by atoms with van der Waals surface area (Å²) in [6.45, 7) is 4.59. The lowest BCUT2D eigenvalue weighted by atomic mass is 9.63. The summed E-state index contributed by atoms with van der Waals surface area (Å²) in [5, 5.41) is 4.62. The molecule has 1 aliphatic carbocycles. The van der Waals surface area contributed by atoms with Crippen LogP contribution in [0, 0.1) is 5.41 Å². The van der Waals surface area contributed by atoms with E-state index < -0.39 is 0 Å². The Morgan fingerprint density at radius 3 is 2.82 bits per heavy atom. The highest BCUT2D eigenvalue weighted by atomic mass is 16.5. The Balaban J connectivity index is 2.02. The fraction of sp³-hybridized carbons (Fsp3) is 0.538. The maximum atomic E-state index is 5.43. The Kier molecular flexibility index (Phi) is 2.15. The van der Waals surface area contributed by atoms with Crippen LogP contribution in [-0.4, -0.2) is 21.7 Å². The van der Waals surface area contributed by atoms with E-state index in [9.17, 15) is 0 Å². The van der Waals surface area contributed by atoms with Gasteiger partial charge in [-0.2, -0.15) is 5.10 Å². The molecule has 0 spiro atoms. The first-order valence-electron chi connectivity index (χ1n) is 5.97. The Hall–Kier alpha value is -1.58. The van der Waals surface area contributed by atoms with Crippen LogP contribution in [-0.2, 0) is 0 Å². The zero-order chi connectivity index (χ0) is 12.0. The van der Waals surface area contributed by atoms with Crippen LogP contribution in [0.5, 0.6) is 5.75 Å². The third-order valence-electron chi connectivity index (χ3n) is 3.58. The van der Waals surface area contributed by atoms with Gasteiger partial charge in [0.05, 0.1) is 7.11 Å². The number of imidazole rings is 1. The topological polar surface area (TPSA) is 39.4 Å². The van der Waals surface area contributed by atoms with Crippen molar-refractivity contribution in [3.8, 4) is 5.75 Å². The Bertz CT molecular complexity index is 551. The molecule has 1 saturated carbocycles. The van der Waals surface area contributed by atoms with Crippen molar-refractivity contribution < 1.29 is 4.74 Å². The highest BCUT2D eigenvalue weighted by molar-refractivity contribution is 5.46. The summed E-state index contributed by atoms with van der Waals surface area (Å²) in [6.07, 6.45) is 5.99. The fourth-order valence-corrected chi connectivity index (χ4v) is 2.77. The molecule has 0 N–H and O–H groups in total. The zero-order valence-corrected chi connectivity index (χ0v) is 10.5. The van der Waals surface area contributed by atoms with Crippen molar-refractivity contribution in [1.29, 1.82) is 0 Å². The number of rotatable bonds is 2. The van der Waals surface area contributed by atoms with Gasteiger partial charge in [0.2, 0.25) is 0 Å². The number of methoxy groups -OCH3 is 1. The molecule has 2 aromatic rings. The van der Waals surface area contributed by atoms with Crippen LogP contribution in [0.1, 0.15) is 38.3 Å². The molecule has 0 amide bonds. The summed E-state index contributed by atoms with van der Waals surface area (Å²) >= 11 is 0. The lowest BCUT2D eigenvalue weighted by molar-refractivity contribution is 0.145. The molecule has 1 fully saturated rings. The molecule has 0 bridgehead atoms. The molecular weight excluding hydrogens is 214 g/mol. The summed E-state index contributed by atoms with van der Waals surface area (Å²) in [5.41, 5.74) is 2.35. The molecule has 90 valence electrons. The molecule has 3 rings (SSSR count). The monoisotopic (exact) mass is 231 g/mol. The van der Waals surface area contributed by atoms with Crippen molar-refractivity contribution in [2.75, 3.05) is 7.11 Å². The van der Waals surface area contributed by atoms with E-state index in [-0.39, 0.29) is 0 Å². The number of hydrogen-bond acceptors (Lipinski definition) is 3. The first-order valence-corrected chi connectivity index (χ1v) is 5.97. The molecule has 2 heterocycles. The number of aromatic nitrogens is 3. The van der Waals surface area contributed by atoms with Gasteiger partial charge in [0.1, 0.15) is 11.4 Å². The average Bonchev–Trinajstić information content (AvgIpc) is 2.70. The Labute approximate surface area is 101 Å². The van der Waals surface area contributed by atoms with Gasteiger partial charge in [-0.25, -0.2) is 9.50 Å². The minimum absolute atomic E-state index is 0.446. The maximum absolute atomic E-state index is 5.43. The van der Waals surface area contributed by atoms with E-state index in [0.29, 0.717) is 11.3 Å². The van der Waals surface area contributed by atoms with Crippen molar-refractivity contribution in [2.45, 2.75) is 32.6 Å². The van der Waals surface area contributed by atoms with Crippen molar-refractivity contribution in [3.63, 3.8) is 0 Å². The summed E-state index contributed by atoms with van der Waals surface area (Å²) < 4.78 is 7.25. The highest BCUT2D eigenvalue weighted by Gasteiger charge is 2.39. The number of ether oxygens (including phenoxy) is 1. The van der Waals surface area contributed by atoms with Gasteiger partial charge in [-0.1, -0.05) is 13.8 Å². The van der Waals surface area contributed by atoms with Crippen LogP contribution in [0.25, 0.3) is 5.65 Å². The van der Waals surface area contributed by atoms with Gasteiger partial charge < -0.3 is 4.74 Å². The van der Waals surface area contributed by atoms with E-state index >= 15 is 0 Å². The predicted molar refractivity (Wildman–Crippen MR) is 65.3 cm³/mol. The van der Waals surface area contributed by atoms with E-state index in [0.717, 1.165) is 17.1 Å². The molecule has 0 atom stereocenters. The lowest BCUT2D eigenvalue weighted by Crippen LogP contribution is -2.31. The molecule has 4 heteroatoms. The first-order chi connectivity index (χ1) is 8.09. The summed E-state index contributed by atoms with van der Waals surface area (Å²) in [6, 6.07) is 1.97. The van der Waals surface area contributed by atoms with Crippen LogP contribution < -0.4 is 4.74 Å². The Morgan fingerprint density at radius 2 is 2.18 bits per heavy atom. The third-order valence-corrected chi connectivity index (χ3v) is 3.58. The Morgan fingerprint density at radius 1 is 1.41 bits per heavy atom. The van der Waals surface area contributed by atoms with Crippen LogP contribution in [0.3, 0.4) is 0 Å². The normalized spacial score (nSPS) is 19.2. The molecular formula is C13H17N3O. The SMILES string of the molecule is COc1cc2nccn2nc1C1CC(C)(C)C1. The highest BCUT2D eigenvalue weighted by Crippen LogP contribution is 2.51. The van der Waals surface area contributed by atoms with Crippen molar-refractivity contribution >= 4 is 5.65 Å². The van der Waals surface area contributed by atoms with Crippen LogP contribution >= 0.6 is 0 Å². The van der Waals surface area contributed by atoms with Gasteiger partial charge in [0.15, 0.2) is 5.65 Å². The number of fused-ring (bicyclic) bond motifs is 1. The molecule has 0 aliphatic heterocycles. The zero-order valence-electron chi connectivity index (χ0n) is 10.5. The second-order valence-electron chi connectivity index (χ2n) is 5.60. The molecule has 17 heavy (non-hydrogen) atoms. The van der Waals surface area contributed by atoms with Crippen LogP contribution in [0.15, 0.2) is 18.5 Å². The summed E-state index contributed by atoms with van der Waals surface area (Å²) in [5.74, 6) is 1.39. The molecule has 0 radical (unpaired) electrons. The number of hydrogen-bond donors (Lipinski definition) is 0. The van der Waals surface area contributed by atoms with Gasteiger partial charge in [-0.05, 0) is 18.3 Å². The van der Waals surface area contributed by atoms with Gasteiger partial charge in [-0.15, -0.1) is 0 Å². The van der Waals surface area contributed by atoms with Gasteiger partial charge in [-0.3, -0.25) is 0 Å². The average molecular weight is 231 g/mol. The van der Waals surface area contributed by atoms with E-state index in [4.69, 9.17) is 4.74 Å². The van der Waals surface area contributed by atoms with Gasteiger partial charge in [0, 0.05) is 24.4 Å². The van der Waals surface area contributed by atoms with Crippen LogP contribution in [0.2, 0.25) is 0 Å². The van der Waals surface area contributed by atoms with Gasteiger partial charge in [0.25, 0.3) is 0 Å². The van der Waals surface area contributed by atoms with Gasteiger partial charge >= 0.3 is 0 Å². The van der Waals surface area contributed by atoms with E-state index in [1.54, 1.807) is 13.3 Å². The quantitative estimate of drug-likeness (QED) is 0.797. The number of nitrogens with zero attached hydrogens (tertiary/aromatic N) is 3. The first kappa shape index (κ1) is 10.6. The molecule has 0 saturated heterocycles. The maximum Gasteiger partial charge on any atom is 0.157 e. The molecule has 2 aromatic heterocycles. The predicted octanol–water partition coefficient (Wildman–Crippen LogP) is 2.64. The largest absolute Gasteiger partial charge is 0.495 e. The second kappa shape index (κ2) is 3.45. The minimum atomic E-state index is 0.446. The standard InChI is InChI=1S/C13H17N3O/c1-13(2)7-9(8-13)12-10(17-3)6-11-14-4-5-16(11)15-12/h4-6,9H,7-8H2,1-3H3. The molecule has 1 aliphatic rings. The fourth-order valence-electron chi connectivity index (χ4n) is 2.77. The smallest absolute Gasteiger partial charge is 0.157 e.